The fraction of sp³-hybridized carbons (Fsp3) is 0.214. The van der Waals surface area contributed by atoms with Gasteiger partial charge >= 0.3 is 5.97 Å². The first-order valence-electron chi connectivity index (χ1n) is 6.00. The van der Waals surface area contributed by atoms with E-state index in [4.69, 9.17) is 15.6 Å². The van der Waals surface area contributed by atoms with Gasteiger partial charge in [-0.3, -0.25) is 0 Å². The average molecular weight is 273 g/mol. The summed E-state index contributed by atoms with van der Waals surface area (Å²) in [7, 11) is 1.60. The highest BCUT2D eigenvalue weighted by molar-refractivity contribution is 5.93. The highest BCUT2D eigenvalue weighted by Gasteiger charge is 2.15. The van der Waals surface area contributed by atoms with Gasteiger partial charge in [0.2, 0.25) is 0 Å². The molecule has 0 aliphatic heterocycles. The minimum Gasteiger partial charge on any atom is -0.497 e. The second kappa shape index (κ2) is 5.56. The number of hydrogen-bond donors (Lipinski definition) is 2. The summed E-state index contributed by atoms with van der Waals surface area (Å²) >= 11 is 0. The third kappa shape index (κ3) is 2.85. The van der Waals surface area contributed by atoms with Crippen LogP contribution in [0.4, 0.5) is 5.82 Å². The molecule has 2 aromatic rings. The minimum atomic E-state index is -1.12. The molecule has 0 amide bonds. The number of benzene rings is 1. The van der Waals surface area contributed by atoms with E-state index in [1.807, 2.05) is 24.3 Å². The third-order valence-corrected chi connectivity index (χ3v) is 2.87. The Balaban J connectivity index is 2.32. The van der Waals surface area contributed by atoms with Crippen LogP contribution in [-0.2, 0) is 6.42 Å². The van der Waals surface area contributed by atoms with Crippen LogP contribution < -0.4 is 10.5 Å². The van der Waals surface area contributed by atoms with Crippen LogP contribution >= 0.6 is 0 Å². The van der Waals surface area contributed by atoms with Gasteiger partial charge in [-0.15, -0.1) is 0 Å². The number of aromatic nitrogens is 2. The number of hydrogen-bond acceptors (Lipinski definition) is 5. The van der Waals surface area contributed by atoms with E-state index >= 15 is 0 Å². The molecule has 2 rings (SSSR count). The second-order valence-corrected chi connectivity index (χ2v) is 4.32. The van der Waals surface area contributed by atoms with Crippen molar-refractivity contribution in [2.24, 2.45) is 0 Å². The molecule has 0 radical (unpaired) electrons. The molecule has 1 heterocycles. The van der Waals surface area contributed by atoms with Crippen molar-refractivity contribution in [1.82, 2.24) is 9.97 Å². The lowest BCUT2D eigenvalue weighted by molar-refractivity contribution is 0.0696. The summed E-state index contributed by atoms with van der Waals surface area (Å²) < 4.78 is 5.15. The summed E-state index contributed by atoms with van der Waals surface area (Å²) in [6.07, 6.45) is 0.460. The molecule has 1 aromatic carbocycles. The molecule has 6 nitrogen and oxygen atoms in total. The quantitative estimate of drug-likeness (QED) is 0.879. The average Bonchev–Trinajstić information content (AvgIpc) is 2.37. The molecule has 1 aromatic heterocycles. The van der Waals surface area contributed by atoms with Crippen LogP contribution in [-0.4, -0.2) is 28.2 Å². The number of carboxylic acid groups (broad SMARTS) is 1. The minimum absolute atomic E-state index is 0.0112. The highest BCUT2D eigenvalue weighted by Crippen LogP contribution is 2.17. The maximum atomic E-state index is 11.0. The molecular formula is C14H15N3O3. The monoisotopic (exact) mass is 273 g/mol. The summed E-state index contributed by atoms with van der Waals surface area (Å²) in [6, 6.07) is 7.51. The van der Waals surface area contributed by atoms with Gasteiger partial charge in [0, 0.05) is 6.42 Å². The lowest BCUT2D eigenvalue weighted by Gasteiger charge is -2.08. The van der Waals surface area contributed by atoms with Gasteiger partial charge in [-0.1, -0.05) is 12.1 Å². The number of aryl methyl sites for hydroxylation is 1. The van der Waals surface area contributed by atoms with Crippen molar-refractivity contribution >= 4 is 11.8 Å². The fourth-order valence-corrected chi connectivity index (χ4v) is 1.96. The first-order chi connectivity index (χ1) is 9.51. The topological polar surface area (TPSA) is 98.3 Å². The van der Waals surface area contributed by atoms with Crippen molar-refractivity contribution in [3.05, 3.63) is 46.9 Å². The van der Waals surface area contributed by atoms with E-state index in [9.17, 15) is 4.79 Å². The molecule has 0 aliphatic rings. The maximum absolute atomic E-state index is 11.0. The van der Waals surface area contributed by atoms with Crippen molar-refractivity contribution in [1.29, 1.82) is 0 Å². The zero-order valence-corrected chi connectivity index (χ0v) is 11.3. The van der Waals surface area contributed by atoms with E-state index < -0.39 is 5.97 Å². The number of carbonyl (C=O) groups is 1. The molecule has 0 saturated carbocycles. The van der Waals surface area contributed by atoms with Crippen LogP contribution in [0.5, 0.6) is 5.75 Å². The summed E-state index contributed by atoms with van der Waals surface area (Å²) in [6.45, 7) is 1.61. The molecule has 3 N–H and O–H groups in total. The Bertz CT molecular complexity index is 633. The first-order valence-corrected chi connectivity index (χ1v) is 6.00. The van der Waals surface area contributed by atoms with Crippen LogP contribution in [0, 0.1) is 6.92 Å². The molecule has 0 aliphatic carbocycles. The predicted molar refractivity (Wildman–Crippen MR) is 73.9 cm³/mol. The van der Waals surface area contributed by atoms with Crippen molar-refractivity contribution in [2.75, 3.05) is 12.8 Å². The normalized spacial score (nSPS) is 10.3. The molecule has 0 bridgehead atoms. The SMILES string of the molecule is COc1cccc(Cc2nc(C)c(C(=O)O)c(N)n2)c1. The van der Waals surface area contributed by atoms with Gasteiger partial charge < -0.3 is 15.6 Å². The molecule has 0 atom stereocenters. The Morgan fingerprint density at radius 2 is 2.15 bits per heavy atom. The number of nitrogens with two attached hydrogens (primary N) is 1. The zero-order valence-electron chi connectivity index (χ0n) is 11.3. The molecule has 6 heteroatoms. The summed E-state index contributed by atoms with van der Waals surface area (Å²) in [4.78, 5) is 19.3. The smallest absolute Gasteiger partial charge is 0.341 e. The van der Waals surface area contributed by atoms with Gasteiger partial charge in [0.25, 0.3) is 0 Å². The number of ether oxygens (including phenoxy) is 1. The van der Waals surface area contributed by atoms with Crippen LogP contribution in [0.1, 0.15) is 27.4 Å². The van der Waals surface area contributed by atoms with E-state index in [0.717, 1.165) is 11.3 Å². The molecule has 0 spiro atoms. The number of nitrogens with zero attached hydrogens (tertiary/aromatic N) is 2. The number of carboxylic acids is 1. The number of nitrogen functional groups attached to an aromatic ring is 1. The summed E-state index contributed by atoms with van der Waals surface area (Å²) in [5, 5.41) is 9.02. The van der Waals surface area contributed by atoms with Crippen molar-refractivity contribution in [2.45, 2.75) is 13.3 Å². The van der Waals surface area contributed by atoms with Gasteiger partial charge in [-0.2, -0.15) is 0 Å². The van der Waals surface area contributed by atoms with Crippen LogP contribution in [0.25, 0.3) is 0 Å². The Labute approximate surface area is 116 Å². The van der Waals surface area contributed by atoms with E-state index in [-0.39, 0.29) is 11.4 Å². The predicted octanol–water partition coefficient (Wildman–Crippen LogP) is 1.66. The van der Waals surface area contributed by atoms with Gasteiger partial charge in [-0.25, -0.2) is 14.8 Å². The van der Waals surface area contributed by atoms with Gasteiger partial charge in [0.1, 0.15) is 23.0 Å². The number of methoxy groups -OCH3 is 1. The third-order valence-electron chi connectivity index (χ3n) is 2.87. The largest absolute Gasteiger partial charge is 0.497 e. The van der Waals surface area contributed by atoms with Crippen LogP contribution in [0.15, 0.2) is 24.3 Å². The molecule has 0 unspecified atom stereocenters. The maximum Gasteiger partial charge on any atom is 0.341 e. The van der Waals surface area contributed by atoms with Crippen LogP contribution in [0.3, 0.4) is 0 Å². The van der Waals surface area contributed by atoms with E-state index in [1.54, 1.807) is 14.0 Å². The Morgan fingerprint density at radius 1 is 1.40 bits per heavy atom. The zero-order chi connectivity index (χ0) is 14.7. The molecule has 0 fully saturated rings. The van der Waals surface area contributed by atoms with E-state index in [0.29, 0.717) is 17.9 Å². The van der Waals surface area contributed by atoms with Crippen molar-refractivity contribution < 1.29 is 14.6 Å². The first kappa shape index (κ1) is 13.8. The highest BCUT2D eigenvalue weighted by atomic mass is 16.5. The second-order valence-electron chi connectivity index (χ2n) is 4.32. The fourth-order valence-electron chi connectivity index (χ4n) is 1.96. The Kier molecular flexibility index (Phi) is 3.84. The summed E-state index contributed by atoms with van der Waals surface area (Å²) in [5.41, 5.74) is 6.96. The van der Waals surface area contributed by atoms with Gasteiger partial charge in [-0.05, 0) is 24.6 Å². The molecule has 0 saturated heterocycles. The molecule has 104 valence electrons. The summed E-state index contributed by atoms with van der Waals surface area (Å²) in [5.74, 6) is 0.100. The lowest BCUT2D eigenvalue weighted by Crippen LogP contribution is -2.12. The standard InChI is InChI=1S/C14H15N3O3/c1-8-12(14(18)19)13(15)17-11(16-8)7-9-4-3-5-10(6-9)20-2/h3-6H,7H2,1-2H3,(H,18,19)(H2,15,16,17). The number of rotatable bonds is 4. The Hall–Kier alpha value is -2.63. The number of anilines is 1. The van der Waals surface area contributed by atoms with E-state index in [2.05, 4.69) is 9.97 Å². The Morgan fingerprint density at radius 3 is 2.75 bits per heavy atom. The van der Waals surface area contributed by atoms with Crippen molar-refractivity contribution in [3.63, 3.8) is 0 Å². The lowest BCUT2D eigenvalue weighted by atomic mass is 10.1. The number of aromatic carboxylic acids is 1. The van der Waals surface area contributed by atoms with Gasteiger partial charge in [0.05, 0.1) is 12.8 Å². The molecular weight excluding hydrogens is 258 g/mol. The van der Waals surface area contributed by atoms with Gasteiger partial charge in [0.15, 0.2) is 0 Å². The molecule has 20 heavy (non-hydrogen) atoms. The van der Waals surface area contributed by atoms with Crippen LogP contribution in [0.2, 0.25) is 0 Å². The van der Waals surface area contributed by atoms with E-state index in [1.165, 1.54) is 0 Å². The van der Waals surface area contributed by atoms with Crippen molar-refractivity contribution in [3.8, 4) is 5.75 Å².